The van der Waals surface area contributed by atoms with E-state index in [9.17, 15) is 69.9 Å². The van der Waals surface area contributed by atoms with Crippen LogP contribution in [0.5, 0.6) is 0 Å². The molecule has 19 N–H and O–H groups in total. The van der Waals surface area contributed by atoms with Crippen LogP contribution in [0.2, 0.25) is 0 Å². The molecule has 0 aromatic heterocycles. The number of rotatable bonds is 54. The molecule has 0 bridgehead atoms. The first-order chi connectivity index (χ1) is 40.2. The van der Waals surface area contributed by atoms with Gasteiger partial charge in [0.15, 0.2) is 5.78 Å². The minimum Gasteiger partial charge on any atom is -0.394 e. The maximum Gasteiger partial charge on any atom is 0.312 e. The Morgan fingerprint density at radius 1 is 0.583 bits per heavy atom. The molecule has 0 fully saturated rings. The Labute approximate surface area is 492 Å². The summed E-state index contributed by atoms with van der Waals surface area (Å²) < 4.78 is 33.0. The Balaban J connectivity index is 2.29. The number of anilines is 1. The van der Waals surface area contributed by atoms with Gasteiger partial charge in [0, 0.05) is 57.3 Å². The highest BCUT2D eigenvalue weighted by atomic mass is 16.6. The number of primary amides is 1. The van der Waals surface area contributed by atoms with Gasteiger partial charge in [-0.3, -0.25) is 24.1 Å². The van der Waals surface area contributed by atoms with E-state index in [0.717, 1.165) is 0 Å². The monoisotopic (exact) mass is 1210 g/mol. The number of ether oxygens (including phenoxy) is 6. The van der Waals surface area contributed by atoms with Crippen LogP contribution < -0.4 is 37.6 Å². The van der Waals surface area contributed by atoms with Crippen molar-refractivity contribution in [3.8, 4) is 0 Å². The number of aliphatic hydroxyl groups is 11. The van der Waals surface area contributed by atoms with Gasteiger partial charge < -0.3 is 122 Å². The van der Waals surface area contributed by atoms with Gasteiger partial charge in [-0.2, -0.15) is 0 Å². The van der Waals surface area contributed by atoms with Crippen LogP contribution in [0.15, 0.2) is 24.3 Å². The number of hydrogen-bond acceptors (Lipinski definition) is 25. The van der Waals surface area contributed by atoms with Crippen LogP contribution >= 0.6 is 0 Å². The van der Waals surface area contributed by atoms with Gasteiger partial charge in [-0.1, -0.05) is 32.4 Å². The van der Waals surface area contributed by atoms with Crippen molar-refractivity contribution in [1.82, 2.24) is 31.5 Å². The third kappa shape index (κ3) is 35.4. The predicted molar refractivity (Wildman–Crippen MR) is 304 cm³/mol. The molecule has 5 amide bonds. The highest BCUT2D eigenvalue weighted by molar-refractivity contribution is 5.98. The summed E-state index contributed by atoms with van der Waals surface area (Å²) in [6, 6.07) is 4.20. The first-order valence-electron chi connectivity index (χ1n) is 28.6. The average molecular weight is 1210 g/mol. The fraction of sp³-hybridized carbons (Fsp3) is 0.796. The van der Waals surface area contributed by atoms with Gasteiger partial charge in [0.1, 0.15) is 42.7 Å². The van der Waals surface area contributed by atoms with Gasteiger partial charge >= 0.3 is 6.03 Å². The standard InChI is InChI=1S/C54H100N8O22/c1-36(2)47(53(77)61-40(8-6-15-58-54(55)78)52(76)60-39-11-9-37(33-63)10-12-39)59-29-38(41(66)30-56-3)7-4-5-14-57-46(71)13-17-79-19-21-81-23-25-83-27-28-84-26-24-82-22-20-80-18-16-62(31-42(67)48(72)50(74)44(69)34-64)32-43(68)49(73)51(75)45(70)35-65/h9-12,36,38,40,42-45,47-51,56,59,63-65,67-70,72-75H,4-8,13-35H2,1-3H3,(H,57,71)(H,60,76)(H,61,77)(H3,55,58,78)/t38-,40-,42-,43-,44+,45+,47-,48+,49+,50+,51?/m0/s1. The molecule has 1 unspecified atom stereocenters. The number of nitrogens with zero attached hydrogens (tertiary/aromatic N) is 1. The number of Topliss-reactive ketones (excluding diaryl/α,β-unsaturated/α-hetero) is 1. The number of nitrogens with two attached hydrogens (primary N) is 1. The largest absolute Gasteiger partial charge is 0.394 e. The Bertz CT molecular complexity index is 1860. The third-order valence-corrected chi connectivity index (χ3v) is 13.1. The number of unbranched alkanes of at least 4 members (excludes halogenated alkanes) is 1. The zero-order chi connectivity index (χ0) is 62.7. The number of likely N-dealkylation sites (N-methyl/N-ethyl adjacent to an activating group) is 1. The summed E-state index contributed by atoms with van der Waals surface area (Å²) in [6.45, 7) is 4.82. The van der Waals surface area contributed by atoms with E-state index in [1.165, 1.54) is 4.90 Å². The number of ketones is 1. The van der Waals surface area contributed by atoms with Gasteiger partial charge in [-0.25, -0.2) is 4.79 Å². The SMILES string of the molecule is CNCC(=O)[C@@H](CCCCNC(=O)CCOCCOCCOCCOCCOCCOCCN(C[C@H](O)[C@@H](O)[C@H](O)[C@H](O)CO)C[C@H](O)[C@@H](O)C(O)[C@H](O)CO)CN[C@H](C(=O)N[C@@H](CCCNC(N)=O)C(=O)Nc1ccc(CO)cc1)C(C)C. The van der Waals surface area contributed by atoms with Crippen LogP contribution in [-0.2, 0) is 54.2 Å². The summed E-state index contributed by atoms with van der Waals surface area (Å²) in [7, 11) is 1.68. The van der Waals surface area contributed by atoms with Crippen LogP contribution in [0.25, 0.3) is 0 Å². The molecule has 0 heterocycles. The maximum absolute atomic E-state index is 13.7. The Morgan fingerprint density at radius 3 is 1.52 bits per heavy atom. The summed E-state index contributed by atoms with van der Waals surface area (Å²) in [5, 5.41) is 125. The number of carbonyl (C=O) groups excluding carboxylic acids is 5. The molecule has 0 radical (unpaired) electrons. The Hall–Kier alpha value is -4.23. The summed E-state index contributed by atoms with van der Waals surface area (Å²) in [5.41, 5.74) is 6.33. The van der Waals surface area contributed by atoms with Crippen molar-refractivity contribution in [3.05, 3.63) is 29.8 Å². The lowest BCUT2D eigenvalue weighted by molar-refractivity contribution is -0.131. The quantitative estimate of drug-likeness (QED) is 0.0270. The Kier molecular flexibility index (Phi) is 44.3. The third-order valence-electron chi connectivity index (χ3n) is 13.1. The van der Waals surface area contributed by atoms with Gasteiger partial charge in [0.25, 0.3) is 0 Å². The van der Waals surface area contributed by atoms with Crippen LogP contribution in [0.4, 0.5) is 10.5 Å². The zero-order valence-corrected chi connectivity index (χ0v) is 49.0. The lowest BCUT2D eigenvalue weighted by atomic mass is 9.95. The predicted octanol–water partition coefficient (Wildman–Crippen LogP) is -5.98. The van der Waals surface area contributed by atoms with Gasteiger partial charge in [0.05, 0.1) is 124 Å². The second-order valence-electron chi connectivity index (χ2n) is 20.3. The summed E-state index contributed by atoms with van der Waals surface area (Å²) >= 11 is 0. The number of hydrogen-bond donors (Lipinski definition) is 18. The molecule has 0 aliphatic rings. The molecule has 30 nitrogen and oxygen atoms in total. The maximum atomic E-state index is 13.7. The molecule has 84 heavy (non-hydrogen) atoms. The molecular weight excluding hydrogens is 1110 g/mol. The molecular formula is C54H100N8O22. The highest BCUT2D eigenvalue weighted by Crippen LogP contribution is 2.15. The van der Waals surface area contributed by atoms with E-state index in [1.54, 1.807) is 31.3 Å². The summed E-state index contributed by atoms with van der Waals surface area (Å²) in [5.74, 6) is -1.76. The molecule has 488 valence electrons. The second kappa shape index (κ2) is 47.9. The van der Waals surface area contributed by atoms with Crippen LogP contribution in [0, 0.1) is 11.8 Å². The topological polar surface area (TPSA) is 465 Å². The van der Waals surface area contributed by atoms with E-state index in [-0.39, 0.29) is 109 Å². The number of amides is 5. The number of urea groups is 1. The van der Waals surface area contributed by atoms with Crippen molar-refractivity contribution < 1.29 is 109 Å². The summed E-state index contributed by atoms with van der Waals surface area (Å²) in [6.07, 6.45) is -12.0. The highest BCUT2D eigenvalue weighted by Gasteiger charge is 2.35. The van der Waals surface area contributed by atoms with Gasteiger partial charge in [0.2, 0.25) is 17.7 Å². The normalized spacial score (nSPS) is 15.8. The van der Waals surface area contributed by atoms with E-state index in [0.29, 0.717) is 76.5 Å². The first kappa shape index (κ1) is 77.8. The molecule has 0 aliphatic heterocycles. The van der Waals surface area contributed by atoms with Crippen molar-refractivity contribution in [2.24, 2.45) is 17.6 Å². The minimum atomic E-state index is -1.90. The smallest absolute Gasteiger partial charge is 0.312 e. The van der Waals surface area contributed by atoms with Crippen LogP contribution in [0.1, 0.15) is 57.9 Å². The molecule has 0 saturated heterocycles. The van der Waals surface area contributed by atoms with Crippen LogP contribution in [-0.4, -0.2) is 297 Å². The Morgan fingerprint density at radius 2 is 1.06 bits per heavy atom. The number of aliphatic hydroxyl groups excluding tert-OH is 11. The van der Waals surface area contributed by atoms with E-state index in [4.69, 9.17) is 44.4 Å². The zero-order valence-electron chi connectivity index (χ0n) is 49.0. The van der Waals surface area contributed by atoms with E-state index >= 15 is 0 Å². The van der Waals surface area contributed by atoms with Gasteiger partial charge in [-0.15, -0.1) is 0 Å². The van der Waals surface area contributed by atoms with Crippen molar-refractivity contribution in [1.29, 1.82) is 0 Å². The average Bonchev–Trinajstić information content (AvgIpc) is 3.68. The first-order valence-corrected chi connectivity index (χ1v) is 28.6. The van der Waals surface area contributed by atoms with Crippen LogP contribution in [0.3, 0.4) is 0 Å². The number of benzene rings is 1. The fourth-order valence-electron chi connectivity index (χ4n) is 8.09. The molecule has 0 aliphatic carbocycles. The lowest BCUT2D eigenvalue weighted by Gasteiger charge is -2.33. The molecule has 1 aromatic rings. The molecule has 30 heteroatoms. The van der Waals surface area contributed by atoms with Gasteiger partial charge in [-0.05, 0) is 56.3 Å². The molecule has 0 spiro atoms. The molecule has 1 rings (SSSR count). The van der Waals surface area contributed by atoms with E-state index < -0.39 is 111 Å². The van der Waals surface area contributed by atoms with Crippen molar-refractivity contribution in [2.45, 2.75) is 120 Å². The molecule has 1 aromatic carbocycles. The van der Waals surface area contributed by atoms with Crippen molar-refractivity contribution >= 4 is 35.2 Å². The van der Waals surface area contributed by atoms with E-state index in [1.807, 2.05) is 13.8 Å². The van der Waals surface area contributed by atoms with Crippen molar-refractivity contribution in [3.63, 3.8) is 0 Å². The number of carbonyl (C=O) groups is 5. The second-order valence-corrected chi connectivity index (χ2v) is 20.3. The summed E-state index contributed by atoms with van der Waals surface area (Å²) in [4.78, 5) is 65.2. The minimum absolute atomic E-state index is 0.00237. The van der Waals surface area contributed by atoms with Crippen molar-refractivity contribution in [2.75, 3.05) is 151 Å². The number of nitrogens with one attached hydrogen (secondary N) is 6. The fourth-order valence-corrected chi connectivity index (χ4v) is 8.09. The van der Waals surface area contributed by atoms with E-state index in [2.05, 4.69) is 31.9 Å². The molecule has 0 saturated carbocycles. The molecule has 11 atom stereocenters. The lowest BCUT2D eigenvalue weighted by Crippen LogP contribution is -2.54.